The van der Waals surface area contributed by atoms with Gasteiger partial charge in [0.05, 0.1) is 5.41 Å². The van der Waals surface area contributed by atoms with Crippen LogP contribution in [0, 0.1) is 0 Å². The Kier molecular flexibility index (Phi) is 3.62. The van der Waals surface area contributed by atoms with Gasteiger partial charge in [-0.3, -0.25) is 5.73 Å². The third-order valence-electron chi connectivity index (χ3n) is 4.39. The van der Waals surface area contributed by atoms with Crippen molar-refractivity contribution < 1.29 is 4.98 Å². The van der Waals surface area contributed by atoms with Gasteiger partial charge in [-0.15, -0.1) is 6.58 Å². The molecule has 0 saturated heterocycles. The Morgan fingerprint density at radius 2 is 2.15 bits per heavy atom. The van der Waals surface area contributed by atoms with Gasteiger partial charge in [-0.1, -0.05) is 54.5 Å². The molecular formula is C17H21N2S+. The first kappa shape index (κ1) is 13.4. The zero-order valence-electron chi connectivity index (χ0n) is 11.7. The Labute approximate surface area is 124 Å². The second-order valence-corrected chi connectivity index (χ2v) is 6.53. The lowest BCUT2D eigenvalue weighted by atomic mass is 9.76. The minimum Gasteiger partial charge on any atom is -0.278 e. The second-order valence-electron chi connectivity index (χ2n) is 5.62. The summed E-state index contributed by atoms with van der Waals surface area (Å²) in [6.45, 7) is 3.84. The lowest BCUT2D eigenvalue weighted by Gasteiger charge is -2.26. The summed E-state index contributed by atoms with van der Waals surface area (Å²) in [6.07, 6.45) is 7.88. The standard InChI is InChI=1S/C17H20N2S/c1-2-6-13-7-5-8-14(11-13)17(9-3-4-10-17)15-12-20-16(18)19-15/h2,5,7-8,11-12H,1,3-4,6,9-10H2,(H2,18,19)/p+1. The molecular weight excluding hydrogens is 264 g/mol. The lowest BCUT2D eigenvalue weighted by Crippen LogP contribution is -2.30. The van der Waals surface area contributed by atoms with E-state index in [-0.39, 0.29) is 5.41 Å². The molecule has 1 aliphatic rings. The highest BCUT2D eigenvalue weighted by Crippen LogP contribution is 2.45. The van der Waals surface area contributed by atoms with Crippen LogP contribution in [0.25, 0.3) is 0 Å². The van der Waals surface area contributed by atoms with Gasteiger partial charge in [-0.05, 0) is 30.4 Å². The first-order chi connectivity index (χ1) is 9.74. The van der Waals surface area contributed by atoms with Crippen LogP contribution in [0.15, 0.2) is 42.3 Å². The molecule has 104 valence electrons. The number of benzene rings is 1. The number of aromatic nitrogens is 1. The Morgan fingerprint density at radius 1 is 1.35 bits per heavy atom. The third-order valence-corrected chi connectivity index (χ3v) is 5.10. The van der Waals surface area contributed by atoms with Gasteiger partial charge in [0.1, 0.15) is 5.69 Å². The fourth-order valence-electron chi connectivity index (χ4n) is 3.40. The molecule has 0 bridgehead atoms. The summed E-state index contributed by atoms with van der Waals surface area (Å²) in [4.78, 5) is 3.38. The van der Waals surface area contributed by atoms with Crippen molar-refractivity contribution in [3.63, 3.8) is 0 Å². The maximum Gasteiger partial charge on any atom is 0.329 e. The molecule has 1 heterocycles. The van der Waals surface area contributed by atoms with Crippen LogP contribution in [0.3, 0.4) is 0 Å². The van der Waals surface area contributed by atoms with Gasteiger partial charge in [0, 0.05) is 5.38 Å². The highest BCUT2D eigenvalue weighted by molar-refractivity contribution is 7.13. The van der Waals surface area contributed by atoms with Crippen LogP contribution in [-0.2, 0) is 11.8 Å². The molecule has 0 atom stereocenters. The average Bonchev–Trinajstić information content (AvgIpc) is 3.09. The molecule has 0 spiro atoms. The van der Waals surface area contributed by atoms with Gasteiger partial charge in [0.2, 0.25) is 0 Å². The molecule has 1 aromatic heterocycles. The molecule has 1 aliphatic carbocycles. The number of hydrogen-bond acceptors (Lipinski definition) is 2. The lowest BCUT2D eigenvalue weighted by molar-refractivity contribution is -0.373. The van der Waals surface area contributed by atoms with E-state index < -0.39 is 0 Å². The van der Waals surface area contributed by atoms with Crippen molar-refractivity contribution in [2.75, 3.05) is 5.73 Å². The van der Waals surface area contributed by atoms with Gasteiger partial charge in [-0.25, -0.2) is 4.98 Å². The topological polar surface area (TPSA) is 40.2 Å². The Hall–Kier alpha value is -1.61. The number of nitrogens with one attached hydrogen (secondary N) is 1. The van der Waals surface area contributed by atoms with Crippen molar-refractivity contribution in [3.8, 4) is 0 Å². The Morgan fingerprint density at radius 3 is 2.80 bits per heavy atom. The third kappa shape index (κ3) is 2.27. The summed E-state index contributed by atoms with van der Waals surface area (Å²) in [6, 6.07) is 8.96. The number of thiazole rings is 1. The summed E-state index contributed by atoms with van der Waals surface area (Å²) >= 11 is 1.60. The molecule has 1 fully saturated rings. The number of anilines is 1. The van der Waals surface area contributed by atoms with Crippen LogP contribution >= 0.6 is 11.3 Å². The van der Waals surface area contributed by atoms with Gasteiger partial charge in [0.25, 0.3) is 0 Å². The van der Waals surface area contributed by atoms with Crippen molar-refractivity contribution in [1.82, 2.24) is 0 Å². The number of H-pyrrole nitrogens is 1. The number of nitrogens with two attached hydrogens (primary N) is 1. The normalized spacial score (nSPS) is 17.2. The maximum atomic E-state index is 5.91. The van der Waals surface area contributed by atoms with Crippen LogP contribution < -0.4 is 10.7 Å². The smallest absolute Gasteiger partial charge is 0.278 e. The van der Waals surface area contributed by atoms with E-state index in [0.29, 0.717) is 0 Å². The first-order valence-electron chi connectivity index (χ1n) is 7.22. The molecule has 3 heteroatoms. The second kappa shape index (κ2) is 5.41. The van der Waals surface area contributed by atoms with Gasteiger partial charge in [0.15, 0.2) is 0 Å². The monoisotopic (exact) mass is 285 g/mol. The van der Waals surface area contributed by atoms with E-state index in [0.717, 1.165) is 11.6 Å². The van der Waals surface area contributed by atoms with Crippen molar-refractivity contribution >= 4 is 16.5 Å². The van der Waals surface area contributed by atoms with Crippen LogP contribution in [0.5, 0.6) is 0 Å². The predicted octanol–water partition coefficient (Wildman–Crippen LogP) is 3.73. The molecule has 0 aliphatic heterocycles. The highest BCUT2D eigenvalue weighted by atomic mass is 32.1. The van der Waals surface area contributed by atoms with Gasteiger partial charge >= 0.3 is 5.13 Å². The van der Waals surface area contributed by atoms with Crippen LogP contribution in [-0.4, -0.2) is 0 Å². The van der Waals surface area contributed by atoms with E-state index in [1.165, 1.54) is 42.5 Å². The molecule has 0 radical (unpaired) electrons. The van der Waals surface area contributed by atoms with E-state index in [4.69, 9.17) is 5.73 Å². The summed E-state index contributed by atoms with van der Waals surface area (Å²) in [5, 5.41) is 2.99. The zero-order chi connectivity index (χ0) is 14.0. The van der Waals surface area contributed by atoms with E-state index in [1.807, 2.05) is 6.08 Å². The number of nitrogen functional groups attached to an aromatic ring is 1. The Bertz CT molecular complexity index is 609. The molecule has 3 rings (SSSR count). The SMILES string of the molecule is C=CCc1cccc(C2(c3csc(N)[nH+]3)CCCC2)c1. The number of allylic oxidation sites excluding steroid dienone is 1. The summed E-state index contributed by atoms with van der Waals surface area (Å²) < 4.78 is 0. The molecule has 20 heavy (non-hydrogen) atoms. The molecule has 1 saturated carbocycles. The first-order valence-corrected chi connectivity index (χ1v) is 8.10. The molecule has 0 amide bonds. The minimum absolute atomic E-state index is 0.130. The van der Waals surface area contributed by atoms with Gasteiger partial charge in [-0.2, -0.15) is 0 Å². The van der Waals surface area contributed by atoms with E-state index in [9.17, 15) is 0 Å². The average molecular weight is 285 g/mol. The highest BCUT2D eigenvalue weighted by Gasteiger charge is 2.41. The maximum absolute atomic E-state index is 5.91. The quantitative estimate of drug-likeness (QED) is 0.854. The Balaban J connectivity index is 2.06. The molecule has 3 N–H and O–H groups in total. The fourth-order valence-corrected chi connectivity index (χ4v) is 4.10. The molecule has 0 unspecified atom stereocenters. The van der Waals surface area contributed by atoms with Crippen molar-refractivity contribution in [2.24, 2.45) is 0 Å². The summed E-state index contributed by atoms with van der Waals surface area (Å²) in [7, 11) is 0. The zero-order valence-corrected chi connectivity index (χ0v) is 12.5. The van der Waals surface area contributed by atoms with Crippen LogP contribution in [0.2, 0.25) is 0 Å². The van der Waals surface area contributed by atoms with Gasteiger partial charge < -0.3 is 0 Å². The number of aromatic amines is 1. The molecule has 2 nitrogen and oxygen atoms in total. The summed E-state index contributed by atoms with van der Waals surface area (Å²) in [5.74, 6) is 0. The summed E-state index contributed by atoms with van der Waals surface area (Å²) in [5.41, 5.74) is 10.1. The largest absolute Gasteiger partial charge is 0.329 e. The minimum atomic E-state index is 0.130. The van der Waals surface area contributed by atoms with Crippen LogP contribution in [0.4, 0.5) is 5.13 Å². The number of hydrogen-bond donors (Lipinski definition) is 1. The predicted molar refractivity (Wildman–Crippen MR) is 84.9 cm³/mol. The van der Waals surface area contributed by atoms with E-state index in [2.05, 4.69) is 41.2 Å². The molecule has 1 aromatic carbocycles. The molecule has 2 aromatic rings. The van der Waals surface area contributed by atoms with Crippen molar-refractivity contribution in [1.29, 1.82) is 0 Å². The van der Waals surface area contributed by atoms with Crippen LogP contribution in [0.1, 0.15) is 42.5 Å². The van der Waals surface area contributed by atoms with Crippen molar-refractivity contribution in [3.05, 3.63) is 59.1 Å². The van der Waals surface area contributed by atoms with E-state index >= 15 is 0 Å². The fraction of sp³-hybridized carbons (Fsp3) is 0.353. The number of rotatable bonds is 4. The van der Waals surface area contributed by atoms with Crippen molar-refractivity contribution in [2.45, 2.75) is 37.5 Å². The van der Waals surface area contributed by atoms with E-state index in [1.54, 1.807) is 11.3 Å².